The molecule has 1 N–H and O–H groups in total. The highest BCUT2D eigenvalue weighted by molar-refractivity contribution is 7.10. The van der Waals surface area contributed by atoms with Crippen molar-refractivity contribution in [3.05, 3.63) is 64.6 Å². The van der Waals surface area contributed by atoms with Crippen LogP contribution in [0.15, 0.2) is 53.9 Å². The minimum Gasteiger partial charge on any atom is -0.369 e. The van der Waals surface area contributed by atoms with Crippen LogP contribution in [0.4, 0.5) is 5.82 Å². The topological polar surface area (TPSA) is 41.0 Å². The van der Waals surface area contributed by atoms with E-state index in [0.717, 1.165) is 42.1 Å². The Hall–Kier alpha value is -2.76. The summed E-state index contributed by atoms with van der Waals surface area (Å²) in [7, 11) is 4.19. The Balaban J connectivity index is 1.72. The molecule has 0 aliphatic heterocycles. The Morgan fingerprint density at radius 3 is 2.57 bits per heavy atom. The number of benzene rings is 2. The average Bonchev–Trinajstić information content (AvgIpc) is 3.21. The van der Waals surface area contributed by atoms with Crippen molar-refractivity contribution in [1.29, 1.82) is 0 Å². The fraction of sp³-hybridized carbons (Fsp3) is 0.217. The summed E-state index contributed by atoms with van der Waals surface area (Å²) in [4.78, 5) is 13.0. The highest BCUT2D eigenvalue weighted by Crippen LogP contribution is 2.27. The van der Waals surface area contributed by atoms with E-state index in [-0.39, 0.29) is 0 Å². The number of thiophene rings is 1. The summed E-state index contributed by atoms with van der Waals surface area (Å²) in [5, 5.41) is 9.07. The van der Waals surface area contributed by atoms with Gasteiger partial charge in [-0.2, -0.15) is 0 Å². The number of aromatic nitrogens is 2. The van der Waals surface area contributed by atoms with Gasteiger partial charge in [-0.05, 0) is 73.6 Å². The SMILES string of the molecule is CN(C)CCCNc1nc(C=Cc2cccs2)nc2cc3ccccc3cc12. The third-order valence-corrected chi connectivity index (χ3v) is 5.43. The van der Waals surface area contributed by atoms with Crippen LogP contribution in [-0.4, -0.2) is 42.1 Å². The molecule has 0 bridgehead atoms. The smallest absolute Gasteiger partial charge is 0.155 e. The molecule has 0 aliphatic carbocycles. The summed E-state index contributed by atoms with van der Waals surface area (Å²) in [6.45, 7) is 1.93. The third-order valence-electron chi connectivity index (χ3n) is 4.59. The molecule has 0 atom stereocenters. The Morgan fingerprint density at radius 1 is 1.00 bits per heavy atom. The van der Waals surface area contributed by atoms with Gasteiger partial charge in [0.05, 0.1) is 5.52 Å². The molecule has 4 aromatic rings. The van der Waals surface area contributed by atoms with Gasteiger partial charge in [-0.15, -0.1) is 11.3 Å². The number of anilines is 1. The molecule has 142 valence electrons. The maximum atomic E-state index is 4.81. The molecule has 2 aromatic carbocycles. The van der Waals surface area contributed by atoms with Crippen LogP contribution in [0.1, 0.15) is 17.1 Å². The van der Waals surface area contributed by atoms with Crippen LogP contribution in [0.3, 0.4) is 0 Å². The van der Waals surface area contributed by atoms with Gasteiger partial charge < -0.3 is 10.2 Å². The second-order valence-electron chi connectivity index (χ2n) is 7.08. The summed E-state index contributed by atoms with van der Waals surface area (Å²) in [6.07, 6.45) is 5.13. The summed E-state index contributed by atoms with van der Waals surface area (Å²) in [5.41, 5.74) is 0.967. The van der Waals surface area contributed by atoms with E-state index in [2.05, 4.69) is 84.3 Å². The van der Waals surface area contributed by atoms with Crippen molar-refractivity contribution >= 4 is 51.0 Å². The molecule has 0 saturated carbocycles. The lowest BCUT2D eigenvalue weighted by atomic mass is 10.1. The number of fused-ring (bicyclic) bond motifs is 2. The summed E-state index contributed by atoms with van der Waals surface area (Å²) >= 11 is 1.71. The number of hydrogen-bond acceptors (Lipinski definition) is 5. The largest absolute Gasteiger partial charge is 0.369 e. The number of nitrogens with zero attached hydrogens (tertiary/aromatic N) is 3. The monoisotopic (exact) mass is 388 g/mol. The first kappa shape index (κ1) is 18.6. The van der Waals surface area contributed by atoms with Gasteiger partial charge in [-0.3, -0.25) is 0 Å². The van der Waals surface area contributed by atoms with E-state index in [4.69, 9.17) is 9.97 Å². The van der Waals surface area contributed by atoms with Gasteiger partial charge in [0.1, 0.15) is 5.82 Å². The standard InChI is InChI=1S/C23H24N4S/c1-27(2)13-6-12-24-23-20-15-17-7-3-4-8-18(17)16-21(20)25-22(26-23)11-10-19-9-5-14-28-19/h3-5,7-11,14-16H,6,12-13H2,1-2H3,(H,24,25,26). The summed E-state index contributed by atoms with van der Waals surface area (Å²) in [6, 6.07) is 16.9. The maximum Gasteiger partial charge on any atom is 0.155 e. The Morgan fingerprint density at radius 2 is 1.82 bits per heavy atom. The molecule has 0 fully saturated rings. The predicted octanol–water partition coefficient (Wildman–Crippen LogP) is 5.38. The third kappa shape index (κ3) is 4.38. The van der Waals surface area contributed by atoms with Crippen molar-refractivity contribution in [3.63, 3.8) is 0 Å². The van der Waals surface area contributed by atoms with E-state index in [1.54, 1.807) is 11.3 Å². The summed E-state index contributed by atoms with van der Waals surface area (Å²) in [5.74, 6) is 1.63. The molecule has 2 heterocycles. The first-order valence-corrected chi connectivity index (χ1v) is 10.4. The van der Waals surface area contributed by atoms with Gasteiger partial charge in [-0.25, -0.2) is 9.97 Å². The number of nitrogens with one attached hydrogen (secondary N) is 1. The summed E-state index contributed by atoms with van der Waals surface area (Å²) < 4.78 is 0. The maximum absolute atomic E-state index is 4.81. The van der Waals surface area contributed by atoms with E-state index >= 15 is 0 Å². The van der Waals surface area contributed by atoms with Gasteiger partial charge in [0.25, 0.3) is 0 Å². The Bertz CT molecular complexity index is 1100. The second kappa shape index (κ2) is 8.50. The minimum absolute atomic E-state index is 0.728. The lowest BCUT2D eigenvalue weighted by molar-refractivity contribution is 0.405. The van der Waals surface area contributed by atoms with Crippen molar-refractivity contribution in [3.8, 4) is 0 Å². The molecule has 0 radical (unpaired) electrons. The number of hydrogen-bond donors (Lipinski definition) is 1. The molecule has 0 unspecified atom stereocenters. The molecule has 0 amide bonds. The van der Waals surface area contributed by atoms with Crippen LogP contribution >= 0.6 is 11.3 Å². The van der Waals surface area contributed by atoms with Crippen LogP contribution in [-0.2, 0) is 0 Å². The van der Waals surface area contributed by atoms with Gasteiger partial charge >= 0.3 is 0 Å². The lowest BCUT2D eigenvalue weighted by Crippen LogP contribution is -2.17. The van der Waals surface area contributed by atoms with Crippen LogP contribution < -0.4 is 5.32 Å². The van der Waals surface area contributed by atoms with Crippen LogP contribution in [0.25, 0.3) is 33.8 Å². The van der Waals surface area contributed by atoms with E-state index in [1.165, 1.54) is 15.6 Å². The van der Waals surface area contributed by atoms with E-state index < -0.39 is 0 Å². The zero-order valence-electron chi connectivity index (χ0n) is 16.2. The second-order valence-corrected chi connectivity index (χ2v) is 8.06. The molecule has 4 nitrogen and oxygen atoms in total. The van der Waals surface area contributed by atoms with E-state index in [0.29, 0.717) is 0 Å². The first-order chi connectivity index (χ1) is 13.7. The average molecular weight is 389 g/mol. The Labute approximate surface area is 169 Å². The quantitative estimate of drug-likeness (QED) is 0.341. The van der Waals surface area contributed by atoms with Gasteiger partial charge in [0, 0.05) is 16.8 Å². The molecule has 2 aromatic heterocycles. The van der Waals surface area contributed by atoms with Crippen molar-refractivity contribution in [2.45, 2.75) is 6.42 Å². The highest BCUT2D eigenvalue weighted by Gasteiger charge is 2.08. The van der Waals surface area contributed by atoms with Gasteiger partial charge in [0.15, 0.2) is 5.82 Å². The zero-order chi connectivity index (χ0) is 19.3. The highest BCUT2D eigenvalue weighted by atomic mass is 32.1. The van der Waals surface area contributed by atoms with Crippen LogP contribution in [0.2, 0.25) is 0 Å². The predicted molar refractivity (Wildman–Crippen MR) is 122 cm³/mol. The van der Waals surface area contributed by atoms with Crippen molar-refractivity contribution in [1.82, 2.24) is 14.9 Å². The number of rotatable bonds is 7. The zero-order valence-corrected chi connectivity index (χ0v) is 17.0. The van der Waals surface area contributed by atoms with Crippen molar-refractivity contribution in [2.24, 2.45) is 0 Å². The normalized spacial score (nSPS) is 11.8. The molecule has 0 aliphatic rings. The minimum atomic E-state index is 0.728. The molecule has 28 heavy (non-hydrogen) atoms. The Kier molecular flexibility index (Phi) is 5.65. The molecular weight excluding hydrogens is 364 g/mol. The van der Waals surface area contributed by atoms with Crippen molar-refractivity contribution in [2.75, 3.05) is 32.5 Å². The van der Waals surface area contributed by atoms with Gasteiger partial charge in [0.2, 0.25) is 0 Å². The molecular formula is C23H24N4S. The molecule has 0 saturated heterocycles. The lowest BCUT2D eigenvalue weighted by Gasteiger charge is -2.13. The fourth-order valence-corrected chi connectivity index (χ4v) is 3.81. The molecule has 4 rings (SSSR count). The van der Waals surface area contributed by atoms with Crippen LogP contribution in [0.5, 0.6) is 0 Å². The first-order valence-electron chi connectivity index (χ1n) is 9.50. The van der Waals surface area contributed by atoms with Gasteiger partial charge in [-0.1, -0.05) is 30.3 Å². The van der Waals surface area contributed by atoms with Crippen LogP contribution in [0, 0.1) is 0 Å². The fourth-order valence-electron chi connectivity index (χ4n) is 3.19. The molecule has 5 heteroatoms. The van der Waals surface area contributed by atoms with E-state index in [9.17, 15) is 0 Å². The van der Waals surface area contributed by atoms with E-state index in [1.807, 2.05) is 6.08 Å². The van der Waals surface area contributed by atoms with Crippen molar-refractivity contribution < 1.29 is 0 Å². The molecule has 0 spiro atoms.